The van der Waals surface area contributed by atoms with Gasteiger partial charge in [0.15, 0.2) is 0 Å². The topological polar surface area (TPSA) is 44.5 Å². The van der Waals surface area contributed by atoms with Crippen LogP contribution in [0.2, 0.25) is 0 Å². The Kier molecular flexibility index (Phi) is 2.59. The first-order chi connectivity index (χ1) is 6.83. The average Bonchev–Trinajstić information content (AvgIpc) is 3.02. The molecule has 3 heteroatoms. The van der Waals surface area contributed by atoms with E-state index in [9.17, 15) is 0 Å². The lowest BCUT2D eigenvalue weighted by atomic mass is 10.2. The zero-order valence-corrected chi connectivity index (χ0v) is 8.32. The molecule has 0 aromatic heterocycles. The molecule has 76 valence electrons. The molecule has 3 nitrogen and oxygen atoms in total. The van der Waals surface area contributed by atoms with Crippen molar-refractivity contribution in [3.8, 4) is 11.5 Å². The normalized spacial score (nSPS) is 15.3. The average molecular weight is 193 g/mol. The molecule has 2 rings (SSSR count). The minimum absolute atomic E-state index is 0.411. The standard InChI is InChI=1S/C11H15NO2/c1-13-10-4-5-11(8(6-10)7-12)14-9-2-3-9/h4-6,9H,2-3,7,12H2,1H3. The maximum Gasteiger partial charge on any atom is 0.124 e. The van der Waals surface area contributed by atoms with Crippen LogP contribution in [0.4, 0.5) is 0 Å². The van der Waals surface area contributed by atoms with Crippen LogP contribution in [0.1, 0.15) is 18.4 Å². The van der Waals surface area contributed by atoms with Crippen molar-refractivity contribution in [3.05, 3.63) is 23.8 Å². The molecule has 0 radical (unpaired) electrons. The van der Waals surface area contributed by atoms with Crippen LogP contribution in [0.3, 0.4) is 0 Å². The van der Waals surface area contributed by atoms with Crippen LogP contribution < -0.4 is 15.2 Å². The Morgan fingerprint density at radius 3 is 2.79 bits per heavy atom. The summed E-state index contributed by atoms with van der Waals surface area (Å²) >= 11 is 0. The molecule has 2 N–H and O–H groups in total. The van der Waals surface area contributed by atoms with Gasteiger partial charge in [0, 0.05) is 12.1 Å². The third-order valence-corrected chi connectivity index (χ3v) is 2.31. The molecule has 0 amide bonds. The SMILES string of the molecule is COc1ccc(OC2CC2)c(CN)c1. The Morgan fingerprint density at radius 2 is 2.21 bits per heavy atom. The Morgan fingerprint density at radius 1 is 1.43 bits per heavy atom. The first-order valence-electron chi connectivity index (χ1n) is 4.87. The van der Waals surface area contributed by atoms with Gasteiger partial charge in [-0.2, -0.15) is 0 Å². The number of hydrogen-bond donors (Lipinski definition) is 1. The molecule has 1 aliphatic rings. The monoisotopic (exact) mass is 193 g/mol. The van der Waals surface area contributed by atoms with Crippen molar-refractivity contribution in [2.24, 2.45) is 5.73 Å². The van der Waals surface area contributed by atoms with Gasteiger partial charge in [-0.3, -0.25) is 0 Å². The van der Waals surface area contributed by atoms with Crippen LogP contribution in [0, 0.1) is 0 Å². The van der Waals surface area contributed by atoms with E-state index in [0.717, 1.165) is 29.9 Å². The molecule has 1 aliphatic carbocycles. The number of nitrogens with two attached hydrogens (primary N) is 1. The summed E-state index contributed by atoms with van der Waals surface area (Å²) < 4.78 is 10.8. The highest BCUT2D eigenvalue weighted by atomic mass is 16.5. The van der Waals surface area contributed by atoms with Gasteiger partial charge in [-0.1, -0.05) is 0 Å². The number of ether oxygens (including phenoxy) is 2. The molecular formula is C11H15NO2. The van der Waals surface area contributed by atoms with Crippen LogP contribution in [0.25, 0.3) is 0 Å². The molecular weight excluding hydrogens is 178 g/mol. The van der Waals surface area contributed by atoms with Gasteiger partial charge < -0.3 is 15.2 Å². The molecule has 1 saturated carbocycles. The van der Waals surface area contributed by atoms with Crippen LogP contribution in [0.15, 0.2) is 18.2 Å². The third-order valence-electron chi connectivity index (χ3n) is 2.31. The van der Waals surface area contributed by atoms with Crippen LogP contribution in [0.5, 0.6) is 11.5 Å². The molecule has 1 aromatic carbocycles. The van der Waals surface area contributed by atoms with Crippen LogP contribution in [-0.4, -0.2) is 13.2 Å². The molecule has 1 fully saturated rings. The highest BCUT2D eigenvalue weighted by Gasteiger charge is 2.24. The molecule has 0 spiro atoms. The Balaban J connectivity index is 2.19. The highest BCUT2D eigenvalue weighted by Crippen LogP contribution is 2.30. The maximum absolute atomic E-state index is 5.71. The van der Waals surface area contributed by atoms with Crippen molar-refractivity contribution in [1.29, 1.82) is 0 Å². The zero-order chi connectivity index (χ0) is 9.97. The first-order valence-corrected chi connectivity index (χ1v) is 4.87. The number of hydrogen-bond acceptors (Lipinski definition) is 3. The fourth-order valence-corrected chi connectivity index (χ4v) is 1.32. The van der Waals surface area contributed by atoms with Crippen LogP contribution in [-0.2, 0) is 6.54 Å². The Hall–Kier alpha value is -1.22. The van der Waals surface area contributed by atoms with Crippen molar-refractivity contribution >= 4 is 0 Å². The molecule has 0 bridgehead atoms. The highest BCUT2D eigenvalue weighted by molar-refractivity contribution is 5.40. The van der Waals surface area contributed by atoms with Gasteiger partial charge in [-0.25, -0.2) is 0 Å². The van der Waals surface area contributed by atoms with E-state index >= 15 is 0 Å². The van der Waals surface area contributed by atoms with Crippen molar-refractivity contribution in [2.45, 2.75) is 25.5 Å². The first kappa shape index (κ1) is 9.34. The van der Waals surface area contributed by atoms with Crippen molar-refractivity contribution < 1.29 is 9.47 Å². The minimum atomic E-state index is 0.411. The van der Waals surface area contributed by atoms with E-state index in [-0.39, 0.29) is 0 Å². The summed E-state index contributed by atoms with van der Waals surface area (Å²) in [7, 11) is 1.65. The number of benzene rings is 1. The van der Waals surface area contributed by atoms with Crippen molar-refractivity contribution in [1.82, 2.24) is 0 Å². The van der Waals surface area contributed by atoms with Gasteiger partial charge in [-0.15, -0.1) is 0 Å². The summed E-state index contributed by atoms with van der Waals surface area (Å²) in [6, 6.07) is 5.76. The fourth-order valence-electron chi connectivity index (χ4n) is 1.32. The van der Waals surface area contributed by atoms with Gasteiger partial charge in [0.25, 0.3) is 0 Å². The third kappa shape index (κ3) is 1.99. The summed E-state index contributed by atoms with van der Waals surface area (Å²) in [4.78, 5) is 0. The summed E-state index contributed by atoms with van der Waals surface area (Å²) in [5.41, 5.74) is 6.65. The smallest absolute Gasteiger partial charge is 0.124 e. The molecule has 0 unspecified atom stereocenters. The largest absolute Gasteiger partial charge is 0.497 e. The second kappa shape index (κ2) is 3.88. The van der Waals surface area contributed by atoms with E-state index < -0.39 is 0 Å². The minimum Gasteiger partial charge on any atom is -0.497 e. The molecule has 0 saturated heterocycles. The van der Waals surface area contributed by atoms with Gasteiger partial charge >= 0.3 is 0 Å². The summed E-state index contributed by atoms with van der Waals surface area (Å²) in [5, 5.41) is 0. The zero-order valence-electron chi connectivity index (χ0n) is 8.32. The molecule has 0 aliphatic heterocycles. The van der Waals surface area contributed by atoms with Gasteiger partial charge in [0.05, 0.1) is 13.2 Å². The van der Waals surface area contributed by atoms with Gasteiger partial charge in [-0.05, 0) is 31.0 Å². The van der Waals surface area contributed by atoms with E-state index in [4.69, 9.17) is 15.2 Å². The summed E-state index contributed by atoms with van der Waals surface area (Å²) in [6.45, 7) is 0.485. The van der Waals surface area contributed by atoms with Crippen molar-refractivity contribution in [3.63, 3.8) is 0 Å². The van der Waals surface area contributed by atoms with E-state index in [2.05, 4.69) is 0 Å². The molecule has 1 aromatic rings. The summed E-state index contributed by atoms with van der Waals surface area (Å²) in [6.07, 6.45) is 2.74. The molecule has 0 atom stereocenters. The number of methoxy groups -OCH3 is 1. The lowest BCUT2D eigenvalue weighted by Gasteiger charge is -2.10. The van der Waals surface area contributed by atoms with E-state index in [1.54, 1.807) is 7.11 Å². The Bertz CT molecular complexity index is 321. The van der Waals surface area contributed by atoms with Crippen LogP contribution >= 0.6 is 0 Å². The predicted molar refractivity (Wildman–Crippen MR) is 54.5 cm³/mol. The second-order valence-corrected chi connectivity index (χ2v) is 3.49. The summed E-state index contributed by atoms with van der Waals surface area (Å²) in [5.74, 6) is 1.73. The van der Waals surface area contributed by atoms with E-state index in [1.165, 1.54) is 0 Å². The van der Waals surface area contributed by atoms with Gasteiger partial charge in [0.1, 0.15) is 11.5 Å². The fraction of sp³-hybridized carbons (Fsp3) is 0.455. The molecule has 14 heavy (non-hydrogen) atoms. The maximum atomic E-state index is 5.71. The number of rotatable bonds is 4. The molecule has 0 heterocycles. The quantitative estimate of drug-likeness (QED) is 0.791. The van der Waals surface area contributed by atoms with Gasteiger partial charge in [0.2, 0.25) is 0 Å². The lowest BCUT2D eigenvalue weighted by molar-refractivity contribution is 0.299. The predicted octanol–water partition coefficient (Wildman–Crippen LogP) is 1.70. The lowest BCUT2D eigenvalue weighted by Crippen LogP contribution is -2.04. The van der Waals surface area contributed by atoms with E-state index in [0.29, 0.717) is 12.6 Å². The van der Waals surface area contributed by atoms with E-state index in [1.807, 2.05) is 18.2 Å². The Labute approximate surface area is 83.8 Å². The second-order valence-electron chi connectivity index (χ2n) is 3.49. The van der Waals surface area contributed by atoms with Crippen molar-refractivity contribution in [2.75, 3.05) is 7.11 Å².